The summed E-state index contributed by atoms with van der Waals surface area (Å²) in [5, 5.41) is 0.764. The van der Waals surface area contributed by atoms with Gasteiger partial charge in [-0.25, -0.2) is 0 Å². The van der Waals surface area contributed by atoms with E-state index in [0.717, 1.165) is 36.6 Å². The van der Waals surface area contributed by atoms with Gasteiger partial charge in [-0.15, -0.1) is 0 Å². The largest absolute Gasteiger partial charge is 0.361 e. The summed E-state index contributed by atoms with van der Waals surface area (Å²) in [5.41, 5.74) is 1.10. The fourth-order valence-corrected chi connectivity index (χ4v) is 4.67. The van der Waals surface area contributed by atoms with Crippen LogP contribution in [0.5, 0.6) is 0 Å². The van der Waals surface area contributed by atoms with Gasteiger partial charge in [-0.3, -0.25) is 4.57 Å². The highest BCUT2D eigenvalue weighted by atomic mass is 31.2. The van der Waals surface area contributed by atoms with E-state index in [1.165, 1.54) is 12.8 Å². The van der Waals surface area contributed by atoms with Crippen molar-refractivity contribution in [1.29, 1.82) is 0 Å². The highest BCUT2D eigenvalue weighted by Gasteiger charge is 2.35. The maximum atomic E-state index is 13.0. The Bertz CT molecular complexity index is 473. The van der Waals surface area contributed by atoms with Crippen LogP contribution in [0.4, 0.5) is 0 Å². The second-order valence-electron chi connectivity index (χ2n) is 5.34. The first-order valence-electron chi connectivity index (χ1n) is 7.71. The summed E-state index contributed by atoms with van der Waals surface area (Å²) in [4.78, 5) is 0. The van der Waals surface area contributed by atoms with E-state index in [4.69, 9.17) is 9.05 Å². The minimum Gasteiger partial charge on any atom is -0.305 e. The molecular weight excluding hydrogens is 271 g/mol. The zero-order chi connectivity index (χ0) is 14.4. The smallest absolute Gasteiger partial charge is 0.305 e. The molecule has 0 radical (unpaired) electrons. The van der Waals surface area contributed by atoms with E-state index < -0.39 is 7.60 Å². The fourth-order valence-electron chi connectivity index (χ4n) is 2.57. The lowest BCUT2D eigenvalue weighted by atomic mass is 10.1. The van der Waals surface area contributed by atoms with Crippen molar-refractivity contribution >= 4 is 12.9 Å². The molecule has 0 N–H and O–H groups in total. The van der Waals surface area contributed by atoms with Crippen LogP contribution in [0, 0.1) is 0 Å². The van der Waals surface area contributed by atoms with Gasteiger partial charge in [-0.2, -0.15) is 0 Å². The average molecular weight is 296 g/mol. The Labute approximate surface area is 122 Å². The van der Waals surface area contributed by atoms with Crippen LogP contribution < -0.4 is 5.30 Å². The highest BCUT2D eigenvalue weighted by Crippen LogP contribution is 2.51. The Morgan fingerprint density at radius 1 is 1.30 bits per heavy atom. The number of fused-ring (bicyclic) bond motifs is 1. The first kappa shape index (κ1) is 15.8. The minimum absolute atomic E-state index is 0.0264. The van der Waals surface area contributed by atoms with Crippen LogP contribution in [-0.4, -0.2) is 12.7 Å². The molecule has 3 nitrogen and oxygen atoms in total. The predicted molar refractivity (Wildman–Crippen MR) is 82.6 cm³/mol. The molecule has 1 aliphatic heterocycles. The van der Waals surface area contributed by atoms with Crippen LogP contribution in [0.25, 0.3) is 0 Å². The van der Waals surface area contributed by atoms with Gasteiger partial charge in [-0.05, 0) is 30.9 Å². The van der Waals surface area contributed by atoms with Gasteiger partial charge in [0.1, 0.15) is 0 Å². The second kappa shape index (κ2) is 7.40. The number of unbranched alkanes of at least 4 members (excludes halogenated alkanes) is 2. The van der Waals surface area contributed by atoms with Gasteiger partial charge in [0, 0.05) is 0 Å². The van der Waals surface area contributed by atoms with Crippen molar-refractivity contribution in [2.75, 3.05) is 6.61 Å². The number of hydrogen-bond acceptors (Lipinski definition) is 3. The van der Waals surface area contributed by atoms with Crippen molar-refractivity contribution in [2.24, 2.45) is 0 Å². The van der Waals surface area contributed by atoms with Crippen LogP contribution in [0.1, 0.15) is 51.5 Å². The normalized spacial score (nSPS) is 23.3. The van der Waals surface area contributed by atoms with Crippen LogP contribution in [0.3, 0.4) is 0 Å². The maximum absolute atomic E-state index is 13.0. The summed E-state index contributed by atoms with van der Waals surface area (Å²) in [7, 11) is -3.12. The van der Waals surface area contributed by atoms with Gasteiger partial charge < -0.3 is 9.05 Å². The van der Waals surface area contributed by atoms with E-state index in [2.05, 4.69) is 13.8 Å². The summed E-state index contributed by atoms with van der Waals surface area (Å²) in [6.45, 7) is 4.75. The van der Waals surface area contributed by atoms with Crippen molar-refractivity contribution in [3.05, 3.63) is 29.8 Å². The molecule has 0 saturated heterocycles. The van der Waals surface area contributed by atoms with E-state index in [1.807, 2.05) is 24.3 Å². The molecule has 1 aromatic carbocycles. The summed E-state index contributed by atoms with van der Waals surface area (Å²) < 4.78 is 24.5. The molecule has 1 aromatic rings. The summed E-state index contributed by atoms with van der Waals surface area (Å²) in [5.74, 6) is 0. The third-order valence-electron chi connectivity index (χ3n) is 3.79. The SMILES string of the molecule is CCCCCC(CC)OP1(=O)OCCc2ccccc21. The zero-order valence-corrected chi connectivity index (χ0v) is 13.4. The van der Waals surface area contributed by atoms with Crippen LogP contribution in [0.15, 0.2) is 24.3 Å². The van der Waals surface area contributed by atoms with Crippen LogP contribution >= 0.6 is 7.60 Å². The standard InChI is InChI=1S/C16H25O3P/c1-3-5-6-10-15(4-2)19-20(17)16-11-8-7-9-14(16)12-13-18-20/h7-9,11,15H,3-6,10,12-13H2,1-2H3. The molecule has 20 heavy (non-hydrogen) atoms. The monoisotopic (exact) mass is 296 g/mol. The average Bonchev–Trinajstić information content (AvgIpc) is 2.47. The van der Waals surface area contributed by atoms with Gasteiger partial charge in [0.2, 0.25) is 0 Å². The summed E-state index contributed by atoms with van der Waals surface area (Å²) >= 11 is 0. The molecule has 4 heteroatoms. The lowest BCUT2D eigenvalue weighted by Crippen LogP contribution is -2.25. The molecule has 112 valence electrons. The maximum Gasteiger partial charge on any atom is 0.361 e. The Morgan fingerprint density at radius 3 is 2.85 bits per heavy atom. The third kappa shape index (κ3) is 3.72. The molecule has 0 fully saturated rings. The van der Waals surface area contributed by atoms with Gasteiger partial charge >= 0.3 is 7.60 Å². The third-order valence-corrected chi connectivity index (χ3v) is 5.92. The fraction of sp³-hybridized carbons (Fsp3) is 0.625. The van der Waals surface area contributed by atoms with Crippen molar-refractivity contribution in [3.63, 3.8) is 0 Å². The predicted octanol–water partition coefficient (Wildman–Crippen LogP) is 4.45. The first-order chi connectivity index (χ1) is 9.69. The molecule has 2 atom stereocenters. The second-order valence-corrected chi connectivity index (χ2v) is 7.29. The van der Waals surface area contributed by atoms with E-state index in [1.54, 1.807) is 0 Å². The highest BCUT2D eigenvalue weighted by molar-refractivity contribution is 7.62. The first-order valence-corrected chi connectivity index (χ1v) is 9.25. The molecule has 0 aromatic heterocycles. The van der Waals surface area contributed by atoms with Crippen molar-refractivity contribution in [3.8, 4) is 0 Å². The number of rotatable bonds is 7. The Kier molecular flexibility index (Phi) is 5.83. The number of hydrogen-bond donors (Lipinski definition) is 0. The van der Waals surface area contributed by atoms with Gasteiger partial charge in [-0.1, -0.05) is 51.3 Å². The van der Waals surface area contributed by atoms with Gasteiger partial charge in [0.05, 0.1) is 18.0 Å². The van der Waals surface area contributed by atoms with Gasteiger partial charge in [0.15, 0.2) is 0 Å². The Hall–Kier alpha value is -0.630. The molecule has 0 aliphatic carbocycles. The number of benzene rings is 1. The molecule has 2 rings (SSSR count). The van der Waals surface area contributed by atoms with Gasteiger partial charge in [0.25, 0.3) is 0 Å². The quantitative estimate of drug-likeness (QED) is 0.550. The Balaban J connectivity index is 2.09. The Morgan fingerprint density at radius 2 is 2.10 bits per heavy atom. The molecule has 2 unspecified atom stereocenters. The molecule has 1 heterocycles. The molecule has 0 bridgehead atoms. The van der Waals surface area contributed by atoms with Crippen molar-refractivity contribution < 1.29 is 13.6 Å². The van der Waals surface area contributed by atoms with E-state index in [-0.39, 0.29) is 6.10 Å². The molecule has 0 spiro atoms. The topological polar surface area (TPSA) is 35.5 Å². The molecule has 0 saturated carbocycles. The molecule has 1 aliphatic rings. The van der Waals surface area contributed by atoms with E-state index in [9.17, 15) is 4.57 Å². The lowest BCUT2D eigenvalue weighted by Gasteiger charge is -2.28. The van der Waals surface area contributed by atoms with Crippen LogP contribution in [-0.2, 0) is 20.0 Å². The van der Waals surface area contributed by atoms with Crippen molar-refractivity contribution in [1.82, 2.24) is 0 Å². The van der Waals surface area contributed by atoms with Crippen LogP contribution in [0.2, 0.25) is 0 Å². The molecular formula is C16H25O3P. The lowest BCUT2D eigenvalue weighted by molar-refractivity contribution is 0.139. The minimum atomic E-state index is -3.12. The summed E-state index contributed by atoms with van der Waals surface area (Å²) in [6, 6.07) is 7.79. The van der Waals surface area contributed by atoms with Crippen molar-refractivity contribution in [2.45, 2.75) is 58.5 Å². The van der Waals surface area contributed by atoms with E-state index in [0.29, 0.717) is 6.61 Å². The summed E-state index contributed by atoms with van der Waals surface area (Å²) in [6.07, 6.45) is 6.18. The zero-order valence-electron chi connectivity index (χ0n) is 12.5. The van der Waals surface area contributed by atoms with E-state index >= 15 is 0 Å². The molecule has 0 amide bonds.